The number of tetrazole rings is 1. The van der Waals surface area contributed by atoms with Crippen LogP contribution in [0.25, 0.3) is 11.4 Å². The van der Waals surface area contributed by atoms with Crippen molar-refractivity contribution in [3.05, 3.63) is 58.9 Å². The maximum atomic E-state index is 13.2. The summed E-state index contributed by atoms with van der Waals surface area (Å²) in [6.45, 7) is 0.483. The van der Waals surface area contributed by atoms with Gasteiger partial charge in [0.1, 0.15) is 5.82 Å². The van der Waals surface area contributed by atoms with Crippen LogP contribution in [0.2, 0.25) is 5.02 Å². The van der Waals surface area contributed by atoms with Crippen LogP contribution in [-0.4, -0.2) is 20.2 Å². The highest BCUT2D eigenvalue weighted by atomic mass is 35.5. The molecule has 0 spiro atoms. The van der Waals surface area contributed by atoms with E-state index < -0.39 is 5.82 Å². The molecule has 0 aliphatic carbocycles. The predicted molar refractivity (Wildman–Crippen MR) is 78.2 cm³/mol. The van der Waals surface area contributed by atoms with Crippen LogP contribution in [0, 0.1) is 5.82 Å². The van der Waals surface area contributed by atoms with Gasteiger partial charge in [-0.1, -0.05) is 23.7 Å². The van der Waals surface area contributed by atoms with E-state index in [1.165, 1.54) is 12.1 Å². The number of benzene rings is 2. The van der Waals surface area contributed by atoms with Gasteiger partial charge in [0.25, 0.3) is 0 Å². The average molecular weight is 304 g/mol. The molecule has 0 aliphatic rings. The molecule has 106 valence electrons. The van der Waals surface area contributed by atoms with Gasteiger partial charge in [-0.2, -0.15) is 0 Å². The van der Waals surface area contributed by atoms with Crippen LogP contribution in [0.4, 0.5) is 10.1 Å². The quantitative estimate of drug-likeness (QED) is 0.755. The molecule has 0 saturated heterocycles. The highest BCUT2D eigenvalue weighted by Gasteiger charge is 2.11. The zero-order chi connectivity index (χ0) is 14.8. The summed E-state index contributed by atoms with van der Waals surface area (Å²) in [5, 5.41) is 12.3. The molecule has 5 nitrogen and oxygen atoms in total. The van der Waals surface area contributed by atoms with Crippen LogP contribution in [-0.2, 0) is 6.54 Å². The van der Waals surface area contributed by atoms with Crippen molar-refractivity contribution in [1.29, 1.82) is 0 Å². The molecule has 0 aliphatic heterocycles. The predicted octanol–water partition coefficient (Wildman–Crippen LogP) is 2.76. The zero-order valence-electron chi connectivity index (χ0n) is 10.9. The van der Waals surface area contributed by atoms with Crippen LogP contribution in [0.15, 0.2) is 42.5 Å². The largest absolute Gasteiger partial charge is 0.396 e. The monoisotopic (exact) mass is 303 g/mol. The maximum Gasteiger partial charge on any atom is 0.182 e. The number of aromatic nitrogens is 4. The number of nitrogens with two attached hydrogens (primary N) is 1. The fraction of sp³-hybridized carbons (Fsp3) is 0.0714. The fourth-order valence-corrected chi connectivity index (χ4v) is 2.09. The maximum absolute atomic E-state index is 13.2. The lowest BCUT2D eigenvalue weighted by Gasteiger charge is -2.06. The third-order valence-electron chi connectivity index (χ3n) is 3.03. The minimum atomic E-state index is -0.463. The van der Waals surface area contributed by atoms with E-state index in [0.29, 0.717) is 23.0 Å². The first kappa shape index (κ1) is 13.5. The molecule has 1 aromatic heterocycles. The number of rotatable bonds is 3. The summed E-state index contributed by atoms with van der Waals surface area (Å²) in [5.74, 6) is 0.0622. The number of hydrogen-bond acceptors (Lipinski definition) is 4. The van der Waals surface area contributed by atoms with E-state index in [4.69, 9.17) is 17.3 Å². The summed E-state index contributed by atoms with van der Waals surface area (Å²) in [7, 11) is 0. The van der Waals surface area contributed by atoms with Crippen LogP contribution in [0.3, 0.4) is 0 Å². The van der Waals surface area contributed by atoms with Gasteiger partial charge in [-0.15, -0.1) is 5.10 Å². The molecule has 0 radical (unpaired) electrons. The van der Waals surface area contributed by atoms with Gasteiger partial charge in [-0.05, 0) is 46.3 Å². The SMILES string of the molecule is Nc1cc(-c2nnnn2Cc2ccc(Cl)cc2)ccc1F. The van der Waals surface area contributed by atoms with E-state index in [2.05, 4.69) is 15.5 Å². The van der Waals surface area contributed by atoms with E-state index in [-0.39, 0.29) is 5.69 Å². The molecule has 21 heavy (non-hydrogen) atoms. The van der Waals surface area contributed by atoms with Crippen molar-refractivity contribution >= 4 is 17.3 Å². The van der Waals surface area contributed by atoms with Gasteiger partial charge in [0, 0.05) is 10.6 Å². The summed E-state index contributed by atoms with van der Waals surface area (Å²) >= 11 is 5.86. The third-order valence-corrected chi connectivity index (χ3v) is 3.28. The second-order valence-electron chi connectivity index (χ2n) is 4.52. The molecule has 1 heterocycles. The lowest BCUT2D eigenvalue weighted by atomic mass is 10.1. The van der Waals surface area contributed by atoms with E-state index in [9.17, 15) is 4.39 Å². The number of hydrogen-bond donors (Lipinski definition) is 1. The van der Waals surface area contributed by atoms with Crippen molar-refractivity contribution in [1.82, 2.24) is 20.2 Å². The van der Waals surface area contributed by atoms with Gasteiger partial charge in [-0.3, -0.25) is 0 Å². The Kier molecular flexibility index (Phi) is 3.53. The summed E-state index contributed by atoms with van der Waals surface area (Å²) in [6, 6.07) is 11.8. The standard InChI is InChI=1S/C14H11ClFN5/c15-11-4-1-9(2-5-11)8-21-14(18-19-20-21)10-3-6-12(16)13(17)7-10/h1-7H,8,17H2. The molecule has 0 amide bonds. The fourth-order valence-electron chi connectivity index (χ4n) is 1.96. The van der Waals surface area contributed by atoms with Gasteiger partial charge < -0.3 is 5.73 Å². The first-order valence-corrected chi connectivity index (χ1v) is 6.57. The molecule has 3 aromatic rings. The molecule has 0 fully saturated rings. The van der Waals surface area contributed by atoms with Crippen molar-refractivity contribution in [2.75, 3.05) is 5.73 Å². The zero-order valence-corrected chi connectivity index (χ0v) is 11.6. The van der Waals surface area contributed by atoms with Crippen LogP contribution in [0.5, 0.6) is 0 Å². The Labute approximate surface area is 125 Å². The van der Waals surface area contributed by atoms with Gasteiger partial charge >= 0.3 is 0 Å². The van der Waals surface area contributed by atoms with Crippen LogP contribution >= 0.6 is 11.6 Å². The Morgan fingerprint density at radius 2 is 1.90 bits per heavy atom. The van der Waals surface area contributed by atoms with Crippen LogP contribution in [0.1, 0.15) is 5.56 Å². The molecule has 0 unspecified atom stereocenters. The second-order valence-corrected chi connectivity index (χ2v) is 4.96. The van der Waals surface area contributed by atoms with Gasteiger partial charge in [-0.25, -0.2) is 9.07 Å². The normalized spacial score (nSPS) is 10.8. The number of anilines is 1. The molecule has 0 bridgehead atoms. The minimum absolute atomic E-state index is 0.0635. The van der Waals surface area contributed by atoms with Gasteiger partial charge in [0.2, 0.25) is 0 Å². The average Bonchev–Trinajstić information content (AvgIpc) is 2.92. The van der Waals surface area contributed by atoms with Crippen molar-refractivity contribution in [3.8, 4) is 11.4 Å². The van der Waals surface area contributed by atoms with Gasteiger partial charge in [0.05, 0.1) is 12.2 Å². The Morgan fingerprint density at radius 3 is 2.62 bits per heavy atom. The van der Waals surface area contributed by atoms with Crippen LogP contribution < -0.4 is 5.73 Å². The molecular weight excluding hydrogens is 293 g/mol. The second kappa shape index (κ2) is 5.49. The summed E-state index contributed by atoms with van der Waals surface area (Å²) < 4.78 is 14.9. The van der Waals surface area contributed by atoms with E-state index in [1.54, 1.807) is 22.9 Å². The molecule has 0 saturated carbocycles. The van der Waals surface area contributed by atoms with E-state index in [1.807, 2.05) is 12.1 Å². The molecule has 7 heteroatoms. The van der Waals surface area contributed by atoms with Crippen molar-refractivity contribution in [2.45, 2.75) is 6.54 Å². The lowest BCUT2D eigenvalue weighted by Crippen LogP contribution is -2.04. The van der Waals surface area contributed by atoms with E-state index >= 15 is 0 Å². The number of halogens is 2. The Morgan fingerprint density at radius 1 is 1.14 bits per heavy atom. The Bertz CT molecular complexity index is 769. The summed E-state index contributed by atoms with van der Waals surface area (Å²) in [5.41, 5.74) is 7.30. The highest BCUT2D eigenvalue weighted by molar-refractivity contribution is 6.30. The molecule has 2 aromatic carbocycles. The smallest absolute Gasteiger partial charge is 0.182 e. The summed E-state index contributed by atoms with van der Waals surface area (Å²) in [4.78, 5) is 0. The molecule has 3 rings (SSSR count). The Balaban J connectivity index is 1.93. The van der Waals surface area contributed by atoms with E-state index in [0.717, 1.165) is 5.56 Å². The summed E-state index contributed by atoms with van der Waals surface area (Å²) in [6.07, 6.45) is 0. The topological polar surface area (TPSA) is 69.6 Å². The first-order chi connectivity index (χ1) is 10.1. The van der Waals surface area contributed by atoms with Gasteiger partial charge in [0.15, 0.2) is 5.82 Å². The van der Waals surface area contributed by atoms with Crippen molar-refractivity contribution < 1.29 is 4.39 Å². The minimum Gasteiger partial charge on any atom is -0.396 e. The number of nitrogen functional groups attached to an aromatic ring is 1. The molecule has 0 atom stereocenters. The van der Waals surface area contributed by atoms with Crippen molar-refractivity contribution in [2.24, 2.45) is 0 Å². The van der Waals surface area contributed by atoms with Crippen molar-refractivity contribution in [3.63, 3.8) is 0 Å². The molecule has 2 N–H and O–H groups in total. The highest BCUT2D eigenvalue weighted by Crippen LogP contribution is 2.21. The lowest BCUT2D eigenvalue weighted by molar-refractivity contribution is 0.632. The number of nitrogens with zero attached hydrogens (tertiary/aromatic N) is 4. The first-order valence-electron chi connectivity index (χ1n) is 6.19. The molecular formula is C14H11ClFN5. The third kappa shape index (κ3) is 2.85. The Hall–Kier alpha value is -2.47.